The average molecular weight is 446 g/mol. The number of esters is 2. The van der Waals surface area contributed by atoms with Gasteiger partial charge in [0.15, 0.2) is 0 Å². The molecule has 0 heterocycles. The summed E-state index contributed by atoms with van der Waals surface area (Å²) in [6.07, 6.45) is 11.9. The van der Waals surface area contributed by atoms with E-state index in [2.05, 4.69) is 19.2 Å². The molecule has 0 unspecified atom stereocenters. The number of carbonyl (C=O) groups is 2. The van der Waals surface area contributed by atoms with E-state index in [4.69, 9.17) is 19.3 Å². The highest BCUT2D eigenvalue weighted by molar-refractivity contribution is 5.69. The smallest absolute Gasteiger partial charge is 0.305 e. The van der Waals surface area contributed by atoms with Crippen LogP contribution in [0.3, 0.4) is 0 Å². The second kappa shape index (κ2) is 23.5. The molecule has 2 N–H and O–H groups in total. The summed E-state index contributed by atoms with van der Waals surface area (Å²) in [7, 11) is 0. The third-order valence-corrected chi connectivity index (χ3v) is 4.97. The molecule has 0 saturated carbocycles. The summed E-state index contributed by atoms with van der Waals surface area (Å²) < 4.78 is 16.5. The van der Waals surface area contributed by atoms with Crippen molar-refractivity contribution in [3.63, 3.8) is 0 Å². The van der Waals surface area contributed by atoms with Crippen molar-refractivity contribution in [3.05, 3.63) is 0 Å². The van der Waals surface area contributed by atoms with Gasteiger partial charge in [-0.2, -0.15) is 0 Å². The van der Waals surface area contributed by atoms with E-state index in [0.29, 0.717) is 26.0 Å². The summed E-state index contributed by atoms with van der Waals surface area (Å²) in [4.78, 5) is 23.9. The maximum atomic E-state index is 12.0. The molecule has 31 heavy (non-hydrogen) atoms. The molecule has 0 aliphatic heterocycles. The second-order valence-corrected chi connectivity index (χ2v) is 8.01. The van der Waals surface area contributed by atoms with Crippen LogP contribution >= 0.6 is 0 Å². The summed E-state index contributed by atoms with van der Waals surface area (Å²) in [6.45, 7) is 6.37. The largest absolute Gasteiger partial charge is 0.463 e. The fourth-order valence-corrected chi connectivity index (χ4v) is 3.06. The van der Waals surface area contributed by atoms with Gasteiger partial charge in [-0.3, -0.25) is 9.59 Å². The number of ether oxygens (including phenoxy) is 3. The van der Waals surface area contributed by atoms with Gasteiger partial charge < -0.3 is 24.6 Å². The van der Waals surface area contributed by atoms with E-state index in [1.807, 2.05) is 0 Å². The number of aliphatic hydroxyl groups is 1. The first kappa shape index (κ1) is 29.8. The van der Waals surface area contributed by atoms with Crippen LogP contribution in [-0.4, -0.2) is 62.7 Å². The molecule has 0 rings (SSSR count). The third-order valence-electron chi connectivity index (χ3n) is 4.97. The first-order valence-corrected chi connectivity index (χ1v) is 12.4. The Bertz CT molecular complexity index is 389. The van der Waals surface area contributed by atoms with Crippen LogP contribution in [0.25, 0.3) is 0 Å². The number of carbonyl (C=O) groups excluding carboxylic acids is 2. The lowest BCUT2D eigenvalue weighted by Crippen LogP contribution is -2.30. The minimum Gasteiger partial charge on any atom is -0.463 e. The number of nitrogens with one attached hydrogen (secondary N) is 1. The molecule has 0 aromatic heterocycles. The van der Waals surface area contributed by atoms with Gasteiger partial charge in [0.25, 0.3) is 0 Å². The number of hydrogen-bond acceptors (Lipinski definition) is 7. The molecule has 0 atom stereocenters. The quantitative estimate of drug-likeness (QED) is 0.180. The van der Waals surface area contributed by atoms with E-state index >= 15 is 0 Å². The van der Waals surface area contributed by atoms with Crippen molar-refractivity contribution in [1.29, 1.82) is 0 Å². The normalized spacial score (nSPS) is 11.1. The molecule has 0 amide bonds. The fourth-order valence-electron chi connectivity index (χ4n) is 3.06. The Morgan fingerprint density at radius 1 is 0.742 bits per heavy atom. The topological polar surface area (TPSA) is 94.1 Å². The van der Waals surface area contributed by atoms with Gasteiger partial charge in [0, 0.05) is 26.0 Å². The zero-order valence-corrected chi connectivity index (χ0v) is 20.0. The monoisotopic (exact) mass is 445 g/mol. The van der Waals surface area contributed by atoms with Crippen molar-refractivity contribution in [3.8, 4) is 0 Å². The summed E-state index contributed by atoms with van der Waals surface area (Å²) in [5, 5.41) is 11.9. The van der Waals surface area contributed by atoms with E-state index in [-0.39, 0.29) is 31.8 Å². The Labute approximate surface area is 189 Å². The zero-order valence-electron chi connectivity index (χ0n) is 20.0. The molecule has 0 aliphatic rings. The van der Waals surface area contributed by atoms with Gasteiger partial charge in [0.1, 0.15) is 19.3 Å². The van der Waals surface area contributed by atoms with Crippen LogP contribution in [0.4, 0.5) is 0 Å². The highest BCUT2D eigenvalue weighted by Gasteiger charge is 2.15. The lowest BCUT2D eigenvalue weighted by Gasteiger charge is -2.18. The van der Waals surface area contributed by atoms with Gasteiger partial charge in [-0.25, -0.2) is 0 Å². The Hall–Kier alpha value is -1.18. The lowest BCUT2D eigenvalue weighted by atomic mass is 10.1. The van der Waals surface area contributed by atoms with Gasteiger partial charge in [0.2, 0.25) is 0 Å². The SMILES string of the molecule is CCCCCCCC(=O)OCC(COC(=O)CCCCCCC)OCCCNCCO. The van der Waals surface area contributed by atoms with Gasteiger partial charge in [0.05, 0.1) is 6.61 Å². The molecular formula is C24H47NO6. The molecule has 0 radical (unpaired) electrons. The van der Waals surface area contributed by atoms with Crippen LogP contribution in [-0.2, 0) is 23.8 Å². The molecule has 7 heteroatoms. The van der Waals surface area contributed by atoms with Crippen molar-refractivity contribution in [2.24, 2.45) is 0 Å². The Morgan fingerprint density at radius 2 is 1.26 bits per heavy atom. The minimum absolute atomic E-state index is 0.0989. The van der Waals surface area contributed by atoms with Crippen LogP contribution < -0.4 is 5.32 Å². The maximum absolute atomic E-state index is 12.0. The predicted octanol–water partition coefficient (Wildman–Crippen LogP) is 4.15. The average Bonchev–Trinajstić information content (AvgIpc) is 2.77. The number of rotatable bonds is 23. The Morgan fingerprint density at radius 3 is 1.74 bits per heavy atom. The molecule has 0 aliphatic carbocycles. The van der Waals surface area contributed by atoms with Crippen LogP contribution in [0.5, 0.6) is 0 Å². The van der Waals surface area contributed by atoms with Gasteiger partial charge >= 0.3 is 11.9 Å². The standard InChI is InChI=1S/C24H47NO6/c1-3-5-7-9-11-14-23(27)30-20-22(29-19-13-16-25-17-18-26)21-31-24(28)15-12-10-8-6-4-2/h22,25-26H,3-21H2,1-2H3. The van der Waals surface area contributed by atoms with Crippen LogP contribution in [0, 0.1) is 0 Å². The Balaban J connectivity index is 4.16. The predicted molar refractivity (Wildman–Crippen MR) is 123 cm³/mol. The molecule has 0 aromatic rings. The van der Waals surface area contributed by atoms with E-state index in [0.717, 1.165) is 51.5 Å². The molecule has 7 nitrogen and oxygen atoms in total. The highest BCUT2D eigenvalue weighted by atomic mass is 16.6. The molecule has 0 aromatic carbocycles. The van der Waals surface area contributed by atoms with Crippen LogP contribution in [0.15, 0.2) is 0 Å². The summed E-state index contributed by atoms with van der Waals surface area (Å²) in [5.41, 5.74) is 0. The minimum atomic E-state index is -0.453. The molecule has 0 saturated heterocycles. The van der Waals surface area contributed by atoms with Crippen LogP contribution in [0.2, 0.25) is 0 Å². The van der Waals surface area contributed by atoms with Gasteiger partial charge in [-0.1, -0.05) is 65.2 Å². The highest BCUT2D eigenvalue weighted by Crippen LogP contribution is 2.08. The van der Waals surface area contributed by atoms with Crippen molar-refractivity contribution in [1.82, 2.24) is 5.32 Å². The molecule has 184 valence electrons. The first-order chi connectivity index (χ1) is 15.1. The maximum Gasteiger partial charge on any atom is 0.305 e. The van der Waals surface area contributed by atoms with E-state index in [1.54, 1.807) is 0 Å². The van der Waals surface area contributed by atoms with Crippen molar-refractivity contribution >= 4 is 11.9 Å². The van der Waals surface area contributed by atoms with E-state index in [9.17, 15) is 9.59 Å². The zero-order chi connectivity index (χ0) is 23.0. The number of unbranched alkanes of at least 4 members (excludes halogenated alkanes) is 8. The summed E-state index contributed by atoms with van der Waals surface area (Å²) >= 11 is 0. The Kier molecular flexibility index (Phi) is 22.6. The molecule has 0 fully saturated rings. The first-order valence-electron chi connectivity index (χ1n) is 12.4. The van der Waals surface area contributed by atoms with E-state index < -0.39 is 6.10 Å². The fraction of sp³-hybridized carbons (Fsp3) is 0.917. The van der Waals surface area contributed by atoms with Crippen molar-refractivity contribution in [2.45, 2.75) is 103 Å². The van der Waals surface area contributed by atoms with Crippen molar-refractivity contribution < 1.29 is 28.9 Å². The van der Waals surface area contributed by atoms with Gasteiger partial charge in [-0.05, 0) is 25.8 Å². The second-order valence-electron chi connectivity index (χ2n) is 8.01. The summed E-state index contributed by atoms with van der Waals surface area (Å²) in [6, 6.07) is 0. The van der Waals surface area contributed by atoms with Gasteiger partial charge in [-0.15, -0.1) is 0 Å². The third kappa shape index (κ3) is 21.8. The number of aliphatic hydroxyl groups excluding tert-OH is 1. The van der Waals surface area contributed by atoms with Crippen LogP contribution in [0.1, 0.15) is 97.3 Å². The summed E-state index contributed by atoms with van der Waals surface area (Å²) in [5.74, 6) is -0.450. The number of hydrogen-bond donors (Lipinski definition) is 2. The molecule has 0 bridgehead atoms. The molecular weight excluding hydrogens is 398 g/mol. The van der Waals surface area contributed by atoms with E-state index in [1.165, 1.54) is 25.7 Å². The van der Waals surface area contributed by atoms with Crippen molar-refractivity contribution in [2.75, 3.05) is 39.5 Å². The molecule has 0 spiro atoms. The lowest BCUT2D eigenvalue weighted by molar-refractivity contribution is -0.155.